The number of hydrogen-bond donors (Lipinski definition) is 0. The number of aromatic nitrogens is 4. The fraction of sp³-hybridized carbons (Fsp3) is 0.333. The number of amides is 1. The number of halogens is 1. The summed E-state index contributed by atoms with van der Waals surface area (Å²) < 4.78 is 8.04. The van der Waals surface area contributed by atoms with Crippen molar-refractivity contribution in [2.24, 2.45) is 0 Å². The number of fused-ring (bicyclic) bond motifs is 1. The lowest BCUT2D eigenvalue weighted by Gasteiger charge is -2.26. The number of morpholine rings is 1. The van der Waals surface area contributed by atoms with Gasteiger partial charge in [0.25, 0.3) is 5.91 Å². The minimum atomic E-state index is -0.126. The Hall–Kier alpha value is -2.32. The molecule has 1 saturated heterocycles. The lowest BCUT2D eigenvalue weighted by Crippen LogP contribution is -2.41. The predicted molar refractivity (Wildman–Crippen MR) is 100 cm³/mol. The summed E-state index contributed by atoms with van der Waals surface area (Å²) >= 11 is 3.45. The van der Waals surface area contributed by atoms with Gasteiger partial charge in [0.15, 0.2) is 11.3 Å². The monoisotopic (exact) mass is 415 g/mol. The molecule has 0 N–H and O–H groups in total. The van der Waals surface area contributed by atoms with Crippen LogP contribution in [0.25, 0.3) is 16.8 Å². The number of nitrogens with zero attached hydrogens (tertiary/aromatic N) is 5. The molecule has 0 spiro atoms. The summed E-state index contributed by atoms with van der Waals surface area (Å²) in [5, 5.41) is 13.2. The lowest BCUT2D eigenvalue weighted by atomic mass is 10.1. The Morgan fingerprint density at radius 1 is 1.12 bits per heavy atom. The van der Waals surface area contributed by atoms with E-state index in [1.807, 2.05) is 38.1 Å². The number of carbonyl (C=O) groups is 1. The van der Waals surface area contributed by atoms with Crippen molar-refractivity contribution in [2.45, 2.75) is 13.8 Å². The molecule has 0 unspecified atom stereocenters. The highest BCUT2D eigenvalue weighted by atomic mass is 79.9. The third kappa shape index (κ3) is 2.89. The molecule has 3 aromatic rings. The van der Waals surface area contributed by atoms with Crippen LogP contribution in [0.3, 0.4) is 0 Å². The van der Waals surface area contributed by atoms with Gasteiger partial charge in [-0.1, -0.05) is 28.1 Å². The predicted octanol–water partition coefficient (Wildman–Crippen LogP) is 2.64. The van der Waals surface area contributed by atoms with Gasteiger partial charge in [-0.15, -0.1) is 10.2 Å². The molecule has 1 aromatic carbocycles. The molecule has 1 aliphatic rings. The standard InChI is InChI=1S/C18H18BrN5O2/c1-11-15(13-3-5-14(19)6-4-13)17-21-20-16(12(2)24(17)22-11)18(25)23-7-9-26-10-8-23/h3-6H,7-10H2,1-2H3. The van der Waals surface area contributed by atoms with E-state index in [2.05, 4.69) is 31.2 Å². The Kier molecular flexibility index (Phi) is 4.46. The first-order valence-corrected chi connectivity index (χ1v) is 9.21. The highest BCUT2D eigenvalue weighted by Gasteiger charge is 2.25. The van der Waals surface area contributed by atoms with E-state index in [0.29, 0.717) is 43.3 Å². The average Bonchev–Trinajstić information content (AvgIpc) is 3.00. The van der Waals surface area contributed by atoms with Gasteiger partial charge in [-0.05, 0) is 31.5 Å². The van der Waals surface area contributed by atoms with Crippen molar-refractivity contribution in [3.8, 4) is 11.1 Å². The molecule has 1 aliphatic heterocycles. The van der Waals surface area contributed by atoms with Gasteiger partial charge in [0.1, 0.15) is 0 Å². The van der Waals surface area contributed by atoms with Gasteiger partial charge < -0.3 is 9.64 Å². The fourth-order valence-electron chi connectivity index (χ4n) is 3.18. The zero-order chi connectivity index (χ0) is 18.3. The molecule has 0 bridgehead atoms. The summed E-state index contributed by atoms with van der Waals surface area (Å²) in [6, 6.07) is 7.99. The Bertz CT molecular complexity index is 977. The first-order valence-electron chi connectivity index (χ1n) is 8.42. The van der Waals surface area contributed by atoms with E-state index in [1.165, 1.54) is 0 Å². The van der Waals surface area contributed by atoms with Crippen LogP contribution in [0.2, 0.25) is 0 Å². The molecule has 8 heteroatoms. The smallest absolute Gasteiger partial charge is 0.276 e. The van der Waals surface area contributed by atoms with E-state index >= 15 is 0 Å². The van der Waals surface area contributed by atoms with Gasteiger partial charge in [0, 0.05) is 17.6 Å². The Morgan fingerprint density at radius 2 is 1.81 bits per heavy atom. The number of hydrogen-bond acceptors (Lipinski definition) is 5. The van der Waals surface area contributed by atoms with Crippen molar-refractivity contribution in [3.05, 3.63) is 45.8 Å². The van der Waals surface area contributed by atoms with Crippen LogP contribution in [0.1, 0.15) is 21.9 Å². The maximum atomic E-state index is 12.8. The number of benzene rings is 1. The van der Waals surface area contributed by atoms with Crippen molar-refractivity contribution in [1.29, 1.82) is 0 Å². The van der Waals surface area contributed by atoms with Gasteiger partial charge in [-0.3, -0.25) is 4.79 Å². The number of carbonyl (C=O) groups excluding carboxylic acids is 1. The molecule has 134 valence electrons. The van der Waals surface area contributed by atoms with Crippen molar-refractivity contribution >= 4 is 27.5 Å². The molecule has 0 aliphatic carbocycles. The first kappa shape index (κ1) is 17.1. The van der Waals surface area contributed by atoms with E-state index < -0.39 is 0 Å². The molecular weight excluding hydrogens is 398 g/mol. The highest BCUT2D eigenvalue weighted by molar-refractivity contribution is 9.10. The van der Waals surface area contributed by atoms with Gasteiger partial charge in [0.05, 0.1) is 30.2 Å². The summed E-state index contributed by atoms with van der Waals surface area (Å²) in [5.74, 6) is -0.126. The van der Waals surface area contributed by atoms with Gasteiger partial charge >= 0.3 is 0 Å². The van der Waals surface area contributed by atoms with Gasteiger partial charge in [-0.25, -0.2) is 4.52 Å². The zero-order valence-corrected chi connectivity index (χ0v) is 16.2. The lowest BCUT2D eigenvalue weighted by molar-refractivity contribution is 0.0297. The molecule has 1 fully saturated rings. The van der Waals surface area contributed by atoms with Crippen molar-refractivity contribution in [2.75, 3.05) is 26.3 Å². The molecule has 7 nitrogen and oxygen atoms in total. The molecule has 1 amide bonds. The fourth-order valence-corrected chi connectivity index (χ4v) is 3.44. The Morgan fingerprint density at radius 3 is 2.50 bits per heavy atom. The molecule has 0 atom stereocenters. The number of aryl methyl sites for hydroxylation is 2. The van der Waals surface area contributed by atoms with E-state index in [4.69, 9.17) is 4.74 Å². The molecule has 0 saturated carbocycles. The Balaban J connectivity index is 1.79. The van der Waals surface area contributed by atoms with Crippen molar-refractivity contribution < 1.29 is 9.53 Å². The van der Waals surface area contributed by atoms with E-state index in [-0.39, 0.29) is 5.91 Å². The van der Waals surface area contributed by atoms with Crippen LogP contribution >= 0.6 is 15.9 Å². The number of rotatable bonds is 2. The maximum absolute atomic E-state index is 12.8. The largest absolute Gasteiger partial charge is 0.378 e. The third-order valence-electron chi connectivity index (χ3n) is 4.57. The van der Waals surface area contributed by atoms with Crippen LogP contribution < -0.4 is 0 Å². The maximum Gasteiger partial charge on any atom is 0.276 e. The van der Waals surface area contributed by atoms with Crippen LogP contribution in [-0.4, -0.2) is 56.9 Å². The van der Waals surface area contributed by atoms with Crippen LogP contribution in [0, 0.1) is 13.8 Å². The normalized spacial score (nSPS) is 14.8. The summed E-state index contributed by atoms with van der Waals surface area (Å²) in [6.07, 6.45) is 0. The average molecular weight is 416 g/mol. The van der Waals surface area contributed by atoms with Crippen LogP contribution in [0.15, 0.2) is 28.7 Å². The second-order valence-corrected chi connectivity index (χ2v) is 7.16. The third-order valence-corrected chi connectivity index (χ3v) is 5.10. The van der Waals surface area contributed by atoms with Gasteiger partial charge in [0.2, 0.25) is 0 Å². The van der Waals surface area contributed by atoms with Gasteiger partial charge in [-0.2, -0.15) is 5.10 Å². The second kappa shape index (κ2) is 6.77. The molecule has 4 rings (SSSR count). The topological polar surface area (TPSA) is 72.6 Å². The quantitative estimate of drug-likeness (QED) is 0.643. The minimum absolute atomic E-state index is 0.126. The van der Waals surface area contributed by atoms with Crippen LogP contribution in [0.5, 0.6) is 0 Å². The van der Waals surface area contributed by atoms with E-state index in [9.17, 15) is 4.79 Å². The van der Waals surface area contributed by atoms with E-state index in [0.717, 1.165) is 21.3 Å². The summed E-state index contributed by atoms with van der Waals surface area (Å²) in [7, 11) is 0. The molecule has 2 aromatic heterocycles. The second-order valence-electron chi connectivity index (χ2n) is 6.24. The molecule has 0 radical (unpaired) electrons. The summed E-state index contributed by atoms with van der Waals surface area (Å²) in [6.45, 7) is 6.03. The summed E-state index contributed by atoms with van der Waals surface area (Å²) in [4.78, 5) is 14.5. The Labute approximate surface area is 159 Å². The van der Waals surface area contributed by atoms with Crippen LogP contribution in [-0.2, 0) is 4.74 Å². The number of ether oxygens (including phenoxy) is 1. The SMILES string of the molecule is Cc1nn2c(C)c(C(=O)N3CCOCC3)nnc2c1-c1ccc(Br)cc1. The molecule has 3 heterocycles. The first-order chi connectivity index (χ1) is 12.6. The zero-order valence-electron chi connectivity index (χ0n) is 14.6. The minimum Gasteiger partial charge on any atom is -0.378 e. The van der Waals surface area contributed by atoms with E-state index in [1.54, 1.807) is 9.42 Å². The van der Waals surface area contributed by atoms with Crippen molar-refractivity contribution in [1.82, 2.24) is 24.7 Å². The van der Waals surface area contributed by atoms with Crippen molar-refractivity contribution in [3.63, 3.8) is 0 Å². The molecule has 26 heavy (non-hydrogen) atoms. The molecular formula is C18H18BrN5O2. The van der Waals surface area contributed by atoms with Crippen LogP contribution in [0.4, 0.5) is 0 Å². The summed E-state index contributed by atoms with van der Waals surface area (Å²) in [5.41, 5.74) is 4.48. The highest BCUT2D eigenvalue weighted by Crippen LogP contribution is 2.29.